The summed E-state index contributed by atoms with van der Waals surface area (Å²) in [7, 11) is 0. The van der Waals surface area contributed by atoms with Crippen molar-refractivity contribution in [2.45, 2.75) is 46.6 Å². The summed E-state index contributed by atoms with van der Waals surface area (Å²) in [4.78, 5) is 20.8. The third-order valence-corrected chi connectivity index (χ3v) is 5.76. The van der Waals surface area contributed by atoms with Crippen molar-refractivity contribution >= 4 is 23.4 Å². The minimum Gasteiger partial charge on any atom is -0.460 e. The van der Waals surface area contributed by atoms with Crippen molar-refractivity contribution in [3.63, 3.8) is 0 Å². The molecule has 0 aliphatic rings. The van der Waals surface area contributed by atoms with Crippen molar-refractivity contribution in [2.75, 3.05) is 11.9 Å². The number of hydrogen-bond acceptors (Lipinski definition) is 7. The molecule has 0 aliphatic carbocycles. The number of rotatable bonds is 7. The predicted octanol–water partition coefficient (Wildman–Crippen LogP) is 6.88. The fraction of sp³-hybridized carbons (Fsp3) is 0.286. The number of halogens is 1. The molecule has 7 nitrogen and oxygen atoms in total. The van der Waals surface area contributed by atoms with Crippen LogP contribution >= 0.6 is 11.6 Å². The lowest BCUT2D eigenvalue weighted by atomic mass is 9.95. The van der Waals surface area contributed by atoms with E-state index in [4.69, 9.17) is 20.9 Å². The molecule has 0 aliphatic heterocycles. The Labute approximate surface area is 215 Å². The Balaban J connectivity index is 1.45. The molecule has 0 amide bonds. The van der Waals surface area contributed by atoms with Crippen LogP contribution in [-0.2, 0) is 9.53 Å². The van der Waals surface area contributed by atoms with Gasteiger partial charge in [0.25, 0.3) is 5.89 Å². The van der Waals surface area contributed by atoms with Crippen LogP contribution in [0.2, 0.25) is 5.02 Å². The van der Waals surface area contributed by atoms with Crippen LogP contribution in [0.5, 0.6) is 0 Å². The van der Waals surface area contributed by atoms with E-state index in [9.17, 15) is 4.79 Å². The number of esters is 1. The Kier molecular flexibility index (Phi) is 7.40. The maximum atomic E-state index is 11.9. The van der Waals surface area contributed by atoms with Gasteiger partial charge in [-0.05, 0) is 75.1 Å². The zero-order chi connectivity index (χ0) is 25.9. The van der Waals surface area contributed by atoms with E-state index in [2.05, 4.69) is 52.5 Å². The van der Waals surface area contributed by atoms with Crippen molar-refractivity contribution in [1.29, 1.82) is 0 Å². The molecule has 8 heteroatoms. The molecule has 0 unspecified atom stereocenters. The Morgan fingerprint density at radius 3 is 2.47 bits per heavy atom. The lowest BCUT2D eigenvalue weighted by molar-refractivity contribution is -0.154. The highest BCUT2D eigenvalue weighted by Gasteiger charge is 2.17. The van der Waals surface area contributed by atoms with Crippen molar-refractivity contribution in [1.82, 2.24) is 15.1 Å². The lowest BCUT2D eigenvalue weighted by Gasteiger charge is -2.19. The van der Waals surface area contributed by atoms with E-state index in [1.165, 1.54) is 16.7 Å². The van der Waals surface area contributed by atoms with Gasteiger partial charge < -0.3 is 14.6 Å². The van der Waals surface area contributed by atoms with Crippen LogP contribution in [0.15, 0.2) is 59.3 Å². The first-order chi connectivity index (χ1) is 17.1. The summed E-state index contributed by atoms with van der Waals surface area (Å²) in [5, 5.41) is 7.56. The van der Waals surface area contributed by atoms with E-state index < -0.39 is 5.60 Å². The summed E-state index contributed by atoms with van der Waals surface area (Å²) in [6.45, 7) is 10.0. The standard InChI is InChI=1S/C28H29ClN4O3/c1-17-8-6-7-9-21(17)22-11-10-19(14-18(22)2)27-32-25(33-36-27)20-15-23(29)26(31-16-20)30-13-12-24(34)35-28(3,4)5/h6-11,14-16H,12-13H2,1-5H3,(H,30,31). The van der Waals surface area contributed by atoms with Crippen LogP contribution < -0.4 is 5.32 Å². The number of benzene rings is 2. The van der Waals surface area contributed by atoms with Gasteiger partial charge in [0.15, 0.2) is 0 Å². The van der Waals surface area contributed by atoms with E-state index in [0.717, 1.165) is 11.1 Å². The summed E-state index contributed by atoms with van der Waals surface area (Å²) in [6, 6.07) is 16.1. The summed E-state index contributed by atoms with van der Waals surface area (Å²) in [5.74, 6) is 0.986. The van der Waals surface area contributed by atoms with E-state index in [1.54, 1.807) is 12.3 Å². The van der Waals surface area contributed by atoms with Crippen molar-refractivity contribution in [2.24, 2.45) is 0 Å². The molecule has 0 saturated heterocycles. The number of nitrogens with zero attached hydrogens (tertiary/aromatic N) is 3. The molecule has 0 radical (unpaired) electrons. The molecule has 2 heterocycles. The molecular weight excluding hydrogens is 476 g/mol. The number of anilines is 1. The first kappa shape index (κ1) is 25.4. The first-order valence-electron chi connectivity index (χ1n) is 11.7. The van der Waals surface area contributed by atoms with Crippen LogP contribution in [0.3, 0.4) is 0 Å². The van der Waals surface area contributed by atoms with Gasteiger partial charge in [0, 0.05) is 23.9 Å². The van der Waals surface area contributed by atoms with Gasteiger partial charge in [0.05, 0.1) is 11.4 Å². The molecule has 0 atom stereocenters. The molecule has 0 bridgehead atoms. The zero-order valence-corrected chi connectivity index (χ0v) is 21.8. The Hall–Kier alpha value is -3.71. The third kappa shape index (κ3) is 6.10. The average Bonchev–Trinajstić information content (AvgIpc) is 3.30. The zero-order valence-electron chi connectivity index (χ0n) is 21.1. The maximum Gasteiger partial charge on any atom is 0.308 e. The quantitative estimate of drug-likeness (QED) is 0.274. The molecule has 186 valence electrons. The second-order valence-electron chi connectivity index (χ2n) is 9.59. The van der Waals surface area contributed by atoms with Gasteiger partial charge in [-0.15, -0.1) is 0 Å². The summed E-state index contributed by atoms with van der Waals surface area (Å²) in [5.41, 5.74) is 5.66. The van der Waals surface area contributed by atoms with E-state index in [0.29, 0.717) is 34.7 Å². The van der Waals surface area contributed by atoms with Crippen LogP contribution in [0.4, 0.5) is 5.82 Å². The SMILES string of the molecule is Cc1ccccc1-c1ccc(-c2nc(-c3cnc(NCCC(=O)OC(C)(C)C)c(Cl)c3)no2)cc1C. The third-order valence-electron chi connectivity index (χ3n) is 5.48. The van der Waals surface area contributed by atoms with Gasteiger partial charge >= 0.3 is 5.97 Å². The lowest BCUT2D eigenvalue weighted by Crippen LogP contribution is -2.25. The Bertz CT molecular complexity index is 1390. The highest BCUT2D eigenvalue weighted by Crippen LogP contribution is 2.31. The molecular formula is C28H29ClN4O3. The van der Waals surface area contributed by atoms with Gasteiger partial charge in [0.2, 0.25) is 5.82 Å². The van der Waals surface area contributed by atoms with Crippen molar-refractivity contribution in [3.8, 4) is 34.0 Å². The molecule has 2 aromatic heterocycles. The highest BCUT2D eigenvalue weighted by molar-refractivity contribution is 6.33. The number of hydrogen-bond donors (Lipinski definition) is 1. The fourth-order valence-corrected chi connectivity index (χ4v) is 4.03. The van der Waals surface area contributed by atoms with Crippen LogP contribution in [0.1, 0.15) is 38.3 Å². The summed E-state index contributed by atoms with van der Waals surface area (Å²) < 4.78 is 10.8. The van der Waals surface area contributed by atoms with Crippen molar-refractivity contribution in [3.05, 3.63) is 70.9 Å². The summed E-state index contributed by atoms with van der Waals surface area (Å²) >= 11 is 6.41. The van der Waals surface area contributed by atoms with Crippen LogP contribution in [0, 0.1) is 13.8 Å². The molecule has 0 spiro atoms. The first-order valence-corrected chi connectivity index (χ1v) is 12.1. The monoisotopic (exact) mass is 504 g/mol. The minimum absolute atomic E-state index is 0.202. The predicted molar refractivity (Wildman–Crippen MR) is 142 cm³/mol. The Morgan fingerprint density at radius 1 is 1.03 bits per heavy atom. The molecule has 0 fully saturated rings. The number of carbonyl (C=O) groups is 1. The van der Waals surface area contributed by atoms with Gasteiger partial charge in [-0.3, -0.25) is 4.79 Å². The van der Waals surface area contributed by atoms with Crippen LogP contribution in [-0.4, -0.2) is 33.2 Å². The molecule has 2 aromatic carbocycles. The van der Waals surface area contributed by atoms with Crippen LogP contribution in [0.25, 0.3) is 34.0 Å². The minimum atomic E-state index is -0.514. The van der Waals surface area contributed by atoms with E-state index >= 15 is 0 Å². The second kappa shape index (κ2) is 10.5. The molecule has 0 saturated carbocycles. The summed E-state index contributed by atoms with van der Waals surface area (Å²) in [6.07, 6.45) is 1.82. The highest BCUT2D eigenvalue weighted by atomic mass is 35.5. The second-order valence-corrected chi connectivity index (χ2v) is 9.99. The largest absolute Gasteiger partial charge is 0.460 e. The molecule has 1 N–H and O–H groups in total. The van der Waals surface area contributed by atoms with E-state index in [1.807, 2.05) is 45.0 Å². The number of ether oxygens (including phenoxy) is 1. The molecule has 4 aromatic rings. The molecule has 36 heavy (non-hydrogen) atoms. The topological polar surface area (TPSA) is 90.1 Å². The number of aromatic nitrogens is 3. The van der Waals surface area contributed by atoms with Gasteiger partial charge in [0.1, 0.15) is 11.4 Å². The average molecular weight is 505 g/mol. The smallest absolute Gasteiger partial charge is 0.308 e. The van der Waals surface area contributed by atoms with Gasteiger partial charge in [-0.1, -0.05) is 47.1 Å². The number of nitrogens with one attached hydrogen (secondary N) is 1. The van der Waals surface area contributed by atoms with Gasteiger partial charge in [-0.25, -0.2) is 4.98 Å². The van der Waals surface area contributed by atoms with E-state index in [-0.39, 0.29) is 12.4 Å². The number of aryl methyl sites for hydroxylation is 2. The van der Waals surface area contributed by atoms with Gasteiger partial charge in [-0.2, -0.15) is 4.98 Å². The Morgan fingerprint density at radius 2 is 1.78 bits per heavy atom. The number of pyridine rings is 1. The van der Waals surface area contributed by atoms with Crippen molar-refractivity contribution < 1.29 is 14.1 Å². The maximum absolute atomic E-state index is 11.9. The molecule has 4 rings (SSSR count). The fourth-order valence-electron chi connectivity index (χ4n) is 3.80. The normalized spacial score (nSPS) is 11.4. The number of carbonyl (C=O) groups excluding carboxylic acids is 1.